The van der Waals surface area contributed by atoms with E-state index in [1.165, 1.54) is 37.2 Å². The molecule has 6 rings (SSSR count). The van der Waals surface area contributed by atoms with Crippen molar-refractivity contribution >= 4 is 59.0 Å². The molecule has 0 aliphatic heterocycles. The first kappa shape index (κ1) is 38.5. The molecule has 0 saturated carbocycles. The maximum absolute atomic E-state index is 12.2. The number of allylic oxidation sites excluding steroid dienone is 2. The predicted octanol–water partition coefficient (Wildman–Crippen LogP) is 13.1. The van der Waals surface area contributed by atoms with Crippen molar-refractivity contribution in [2.24, 2.45) is 10.8 Å². The Bertz CT molecular complexity index is 2140. The average molecular weight is 853 g/mol. The van der Waals surface area contributed by atoms with Crippen molar-refractivity contribution in [3.05, 3.63) is 90.0 Å². The smallest absolute Gasteiger partial charge is 0.164 e. The third-order valence-electron chi connectivity index (χ3n) is 10.6. The Labute approximate surface area is 309 Å². The van der Waals surface area contributed by atoms with E-state index in [1.807, 2.05) is 66.0 Å². The molecule has 0 aliphatic carbocycles. The maximum Gasteiger partial charge on any atom is 0.164 e. The number of pyridine rings is 1. The minimum atomic E-state index is -0.337. The molecule has 0 aliphatic rings. The van der Waals surface area contributed by atoms with Crippen molar-refractivity contribution < 1.29 is 34.4 Å². The van der Waals surface area contributed by atoms with Crippen LogP contribution < -0.4 is 0 Å². The van der Waals surface area contributed by atoms with E-state index in [4.69, 9.17) is 9.40 Å². The van der Waals surface area contributed by atoms with Crippen LogP contribution in [0.4, 0.5) is 0 Å². The number of benzene rings is 3. The summed E-state index contributed by atoms with van der Waals surface area (Å²) in [7, 11) is 0. The third-order valence-corrected chi connectivity index (χ3v) is 11.7. The van der Waals surface area contributed by atoms with Crippen molar-refractivity contribution in [2.45, 2.75) is 100 Å². The second-order valence-electron chi connectivity index (χ2n) is 14.7. The number of aliphatic hydroxyl groups is 1. The summed E-state index contributed by atoms with van der Waals surface area (Å²) < 4.78 is 8.44. The SMILES string of the molecule is CCC(C)(CC)C(=O)/C=C(\O)C(C)(CC)CC.Cc1cc2c(ccc3sc4ccnc(-c5[c-]c6ccccc6c(C(C)(C)C)c5)c4c32)o1.[Ir]. The summed E-state index contributed by atoms with van der Waals surface area (Å²) in [5, 5.41) is 16.1. The molecule has 261 valence electrons. The fourth-order valence-corrected chi connectivity index (χ4v) is 7.43. The molecular weight excluding hydrogens is 803 g/mol. The van der Waals surface area contributed by atoms with Crippen LogP contribution in [0.25, 0.3) is 53.2 Å². The molecule has 0 bridgehead atoms. The zero-order valence-corrected chi connectivity index (χ0v) is 33.8. The van der Waals surface area contributed by atoms with Crippen molar-refractivity contribution in [1.82, 2.24) is 4.98 Å². The third kappa shape index (κ3) is 7.43. The Kier molecular flexibility index (Phi) is 11.7. The minimum Gasteiger partial charge on any atom is -0.512 e. The zero-order chi connectivity index (χ0) is 35.0. The van der Waals surface area contributed by atoms with Crippen LogP contribution in [0.2, 0.25) is 0 Å². The number of ketones is 1. The van der Waals surface area contributed by atoms with Crippen LogP contribution in [0, 0.1) is 23.8 Å². The number of aliphatic hydroxyl groups excluding tert-OH is 1. The summed E-state index contributed by atoms with van der Waals surface area (Å²) in [6, 6.07) is 23.0. The zero-order valence-electron chi connectivity index (χ0n) is 30.6. The van der Waals surface area contributed by atoms with Crippen LogP contribution in [0.5, 0.6) is 0 Å². The van der Waals surface area contributed by atoms with Gasteiger partial charge in [0, 0.05) is 69.1 Å². The Morgan fingerprint density at radius 3 is 2.12 bits per heavy atom. The molecule has 0 saturated heterocycles. The van der Waals surface area contributed by atoms with Gasteiger partial charge in [0.2, 0.25) is 0 Å². The summed E-state index contributed by atoms with van der Waals surface area (Å²) in [6.07, 6.45) is 6.68. The molecular formula is C43H50IrNO3S-. The van der Waals surface area contributed by atoms with Gasteiger partial charge in [-0.3, -0.25) is 9.78 Å². The second kappa shape index (κ2) is 14.9. The Morgan fingerprint density at radius 1 is 0.857 bits per heavy atom. The minimum absolute atomic E-state index is 0. The molecule has 49 heavy (non-hydrogen) atoms. The molecule has 3 aromatic heterocycles. The van der Waals surface area contributed by atoms with Crippen molar-refractivity contribution in [1.29, 1.82) is 0 Å². The van der Waals surface area contributed by atoms with Gasteiger partial charge in [0.1, 0.15) is 17.1 Å². The Morgan fingerprint density at radius 2 is 1.49 bits per heavy atom. The van der Waals surface area contributed by atoms with E-state index < -0.39 is 0 Å². The normalized spacial score (nSPS) is 12.7. The maximum atomic E-state index is 12.2. The molecule has 0 fully saturated rings. The van der Waals surface area contributed by atoms with Crippen LogP contribution in [0.1, 0.15) is 99.3 Å². The average Bonchev–Trinajstić information content (AvgIpc) is 3.66. The van der Waals surface area contributed by atoms with Crippen molar-refractivity contribution in [2.75, 3.05) is 0 Å². The van der Waals surface area contributed by atoms with Gasteiger partial charge in [0.25, 0.3) is 0 Å². The van der Waals surface area contributed by atoms with E-state index in [1.54, 1.807) is 0 Å². The van der Waals surface area contributed by atoms with Gasteiger partial charge in [-0.1, -0.05) is 91.5 Å². The number of carbonyl (C=O) groups excluding carboxylic acids is 1. The van der Waals surface area contributed by atoms with Crippen LogP contribution in [0.15, 0.2) is 77.0 Å². The summed E-state index contributed by atoms with van der Waals surface area (Å²) in [6.45, 7) is 20.9. The van der Waals surface area contributed by atoms with Crippen LogP contribution >= 0.6 is 11.3 Å². The van der Waals surface area contributed by atoms with Gasteiger partial charge < -0.3 is 9.52 Å². The molecule has 0 spiro atoms. The summed E-state index contributed by atoms with van der Waals surface area (Å²) >= 11 is 1.81. The number of fused-ring (bicyclic) bond motifs is 6. The monoisotopic (exact) mass is 853 g/mol. The van der Waals surface area contributed by atoms with Crippen LogP contribution in [-0.4, -0.2) is 15.9 Å². The Hall–Kier alpha value is -3.31. The number of aromatic nitrogens is 1. The summed E-state index contributed by atoms with van der Waals surface area (Å²) in [5.41, 5.74) is 3.70. The van der Waals surface area contributed by atoms with Gasteiger partial charge in [0.15, 0.2) is 5.78 Å². The van der Waals surface area contributed by atoms with E-state index in [-0.39, 0.29) is 47.9 Å². The van der Waals surface area contributed by atoms with Gasteiger partial charge >= 0.3 is 0 Å². The molecule has 1 N–H and O–H groups in total. The number of nitrogens with zero attached hydrogens (tertiary/aromatic N) is 1. The van der Waals surface area contributed by atoms with Crippen molar-refractivity contribution in [3.8, 4) is 11.3 Å². The van der Waals surface area contributed by atoms with E-state index in [2.05, 4.69) is 81.4 Å². The topological polar surface area (TPSA) is 63.3 Å². The number of thiophene rings is 1. The van der Waals surface area contributed by atoms with Gasteiger partial charge in [-0.2, -0.15) is 0 Å². The molecule has 1 radical (unpaired) electrons. The largest absolute Gasteiger partial charge is 0.512 e. The predicted molar refractivity (Wildman–Crippen MR) is 205 cm³/mol. The molecule has 3 heterocycles. The number of furan rings is 1. The molecule has 6 heteroatoms. The molecule has 6 aromatic rings. The molecule has 0 amide bonds. The number of rotatable bonds is 8. The van der Waals surface area contributed by atoms with E-state index in [9.17, 15) is 9.90 Å². The van der Waals surface area contributed by atoms with Crippen LogP contribution in [0.3, 0.4) is 0 Å². The number of carbonyl (C=O) groups is 1. The van der Waals surface area contributed by atoms with E-state index in [0.717, 1.165) is 59.1 Å². The van der Waals surface area contributed by atoms with E-state index >= 15 is 0 Å². The van der Waals surface area contributed by atoms with Gasteiger partial charge in [0.05, 0.1) is 0 Å². The fourth-order valence-electron chi connectivity index (χ4n) is 6.32. The first-order chi connectivity index (χ1) is 22.7. The first-order valence-corrected chi connectivity index (χ1v) is 18.1. The number of hydrogen-bond donors (Lipinski definition) is 1. The summed E-state index contributed by atoms with van der Waals surface area (Å²) in [5.74, 6) is 1.22. The molecule has 4 nitrogen and oxygen atoms in total. The van der Waals surface area contributed by atoms with Crippen molar-refractivity contribution in [3.63, 3.8) is 0 Å². The van der Waals surface area contributed by atoms with E-state index in [0.29, 0.717) is 0 Å². The first-order valence-electron chi connectivity index (χ1n) is 17.3. The fraction of sp³-hybridized carbons (Fsp3) is 0.395. The molecule has 0 unspecified atom stereocenters. The van der Waals surface area contributed by atoms with Gasteiger partial charge in [-0.15, -0.1) is 40.5 Å². The summed E-state index contributed by atoms with van der Waals surface area (Å²) in [4.78, 5) is 17.1. The molecule has 0 atom stereocenters. The molecule has 3 aromatic carbocycles. The second-order valence-corrected chi connectivity index (χ2v) is 15.7. The van der Waals surface area contributed by atoms with Gasteiger partial charge in [-0.25, -0.2) is 0 Å². The number of aryl methyl sites for hydroxylation is 1. The number of hydrogen-bond acceptors (Lipinski definition) is 5. The standard InChI is InChI=1S/C28H22NOS.C15H28O2.Ir/c1-16-13-20-22(30-16)9-10-23-25(20)26-24(31-23)11-12-29-27(26)18-14-17-7-5-6-8-19(17)21(15-18)28(2,3)4;1-7-14(5,8-2)12(16)11-13(17)15(6,9-3)10-4;/h5-13,15H,1-4H3;11,16H,7-10H2,1-6H3;/q-1;;/b;12-11-;. The Balaban J connectivity index is 0.000000260. The van der Waals surface area contributed by atoms with Crippen LogP contribution in [-0.2, 0) is 30.3 Å². The quantitative estimate of drug-likeness (QED) is 0.0941. The van der Waals surface area contributed by atoms with Gasteiger partial charge in [-0.05, 0) is 67.7 Å².